The van der Waals surface area contributed by atoms with Crippen molar-refractivity contribution < 1.29 is 4.79 Å². The van der Waals surface area contributed by atoms with Crippen LogP contribution in [0.2, 0.25) is 4.34 Å². The summed E-state index contributed by atoms with van der Waals surface area (Å²) < 4.78 is 0.649. The van der Waals surface area contributed by atoms with Crippen LogP contribution >= 0.6 is 22.9 Å². The van der Waals surface area contributed by atoms with E-state index in [0.29, 0.717) is 15.1 Å². The Labute approximate surface area is 105 Å². The number of hydrogen-bond donors (Lipinski definition) is 1. The molecule has 88 valence electrons. The van der Waals surface area contributed by atoms with Crippen molar-refractivity contribution in [1.29, 1.82) is 0 Å². The van der Waals surface area contributed by atoms with Gasteiger partial charge in [0.25, 0.3) is 0 Å². The lowest BCUT2D eigenvalue weighted by atomic mass is 9.74. The van der Waals surface area contributed by atoms with E-state index in [1.165, 1.54) is 17.8 Å². The number of Topliss-reactive ketones (excluding diaryl/α,β-unsaturated/α-hetero) is 1. The van der Waals surface area contributed by atoms with E-state index in [0.717, 1.165) is 19.3 Å². The Morgan fingerprint density at radius 3 is 2.94 bits per heavy atom. The minimum Gasteiger partial charge on any atom is -0.319 e. The van der Waals surface area contributed by atoms with Gasteiger partial charge in [-0.25, -0.2) is 0 Å². The highest BCUT2D eigenvalue weighted by Gasteiger charge is 2.38. The minimum absolute atomic E-state index is 0.0657. The smallest absolute Gasteiger partial charge is 0.192 e. The number of halogens is 1. The van der Waals surface area contributed by atoms with Gasteiger partial charge in [-0.2, -0.15) is 0 Å². The lowest BCUT2D eigenvalue weighted by Gasteiger charge is -2.35. The molecular weight excluding hydrogens is 242 g/mol. The maximum absolute atomic E-state index is 12.3. The largest absolute Gasteiger partial charge is 0.319 e. The van der Waals surface area contributed by atoms with E-state index < -0.39 is 5.54 Å². The molecule has 4 heteroatoms. The van der Waals surface area contributed by atoms with Crippen LogP contribution in [0.25, 0.3) is 0 Å². The summed E-state index contributed by atoms with van der Waals surface area (Å²) in [6, 6.07) is 3.54. The molecule has 0 saturated heterocycles. The van der Waals surface area contributed by atoms with Crippen molar-refractivity contribution in [2.24, 2.45) is 11.7 Å². The number of thiophene rings is 1. The van der Waals surface area contributed by atoms with Gasteiger partial charge in [-0.05, 0) is 30.9 Å². The molecule has 1 aromatic rings. The zero-order chi connectivity index (χ0) is 11.8. The normalized spacial score (nSPS) is 30.3. The molecule has 1 heterocycles. The van der Waals surface area contributed by atoms with Gasteiger partial charge in [0.1, 0.15) is 0 Å². The first-order valence-electron chi connectivity index (χ1n) is 5.60. The average Bonchev–Trinajstić information content (AvgIpc) is 2.63. The van der Waals surface area contributed by atoms with E-state index in [-0.39, 0.29) is 5.78 Å². The monoisotopic (exact) mass is 257 g/mol. The second kappa shape index (κ2) is 4.47. The Hall–Kier alpha value is -0.380. The van der Waals surface area contributed by atoms with Gasteiger partial charge in [-0.1, -0.05) is 31.4 Å². The van der Waals surface area contributed by atoms with Gasteiger partial charge in [0.2, 0.25) is 0 Å². The molecule has 0 spiro atoms. The van der Waals surface area contributed by atoms with Crippen LogP contribution in [0, 0.1) is 5.92 Å². The third kappa shape index (κ3) is 2.31. The molecule has 0 aliphatic heterocycles. The third-order valence-corrected chi connectivity index (χ3v) is 4.51. The summed E-state index contributed by atoms with van der Waals surface area (Å²) in [4.78, 5) is 13.0. The Kier molecular flexibility index (Phi) is 3.38. The molecule has 0 bridgehead atoms. The molecule has 1 aliphatic rings. The molecule has 2 N–H and O–H groups in total. The molecule has 1 fully saturated rings. The van der Waals surface area contributed by atoms with Crippen LogP contribution in [-0.4, -0.2) is 11.3 Å². The molecule has 2 rings (SSSR count). The minimum atomic E-state index is -0.661. The quantitative estimate of drug-likeness (QED) is 0.824. The highest BCUT2D eigenvalue weighted by atomic mass is 35.5. The zero-order valence-electron chi connectivity index (χ0n) is 9.33. The standard InChI is InChI=1S/C12H16ClNOS/c1-8-3-2-6-12(14,7-8)11(15)9-4-5-10(13)16-9/h4-5,8H,2-3,6-7,14H2,1H3. The summed E-state index contributed by atoms with van der Waals surface area (Å²) in [5.41, 5.74) is 5.59. The SMILES string of the molecule is CC1CCCC(N)(C(=O)c2ccc(Cl)s2)C1. The Morgan fingerprint density at radius 1 is 1.62 bits per heavy atom. The molecule has 1 aromatic heterocycles. The maximum atomic E-state index is 12.3. The summed E-state index contributed by atoms with van der Waals surface area (Å²) in [5, 5.41) is 0. The highest BCUT2D eigenvalue weighted by molar-refractivity contribution is 7.18. The lowest BCUT2D eigenvalue weighted by molar-refractivity contribution is 0.0824. The third-order valence-electron chi connectivity index (χ3n) is 3.28. The van der Waals surface area contributed by atoms with E-state index in [2.05, 4.69) is 6.92 Å². The summed E-state index contributed by atoms with van der Waals surface area (Å²) in [7, 11) is 0. The average molecular weight is 258 g/mol. The fraction of sp³-hybridized carbons (Fsp3) is 0.583. The first-order chi connectivity index (χ1) is 7.51. The van der Waals surface area contributed by atoms with Crippen molar-refractivity contribution in [2.75, 3.05) is 0 Å². The molecule has 0 amide bonds. The number of nitrogens with two attached hydrogens (primary N) is 1. The van der Waals surface area contributed by atoms with Crippen LogP contribution < -0.4 is 5.73 Å². The summed E-state index contributed by atoms with van der Waals surface area (Å²) >= 11 is 7.17. The number of rotatable bonds is 2. The van der Waals surface area contributed by atoms with E-state index in [1.54, 1.807) is 12.1 Å². The predicted molar refractivity (Wildman–Crippen MR) is 68.2 cm³/mol. The van der Waals surface area contributed by atoms with Crippen LogP contribution in [0.1, 0.15) is 42.3 Å². The summed E-state index contributed by atoms with van der Waals surface area (Å²) in [6.07, 6.45) is 3.81. The molecule has 16 heavy (non-hydrogen) atoms. The maximum Gasteiger partial charge on any atom is 0.192 e. The van der Waals surface area contributed by atoms with E-state index in [1.807, 2.05) is 0 Å². The second-order valence-electron chi connectivity index (χ2n) is 4.79. The van der Waals surface area contributed by atoms with E-state index >= 15 is 0 Å². The number of hydrogen-bond acceptors (Lipinski definition) is 3. The second-order valence-corrected chi connectivity index (χ2v) is 6.51. The van der Waals surface area contributed by atoms with Crippen LogP contribution in [0.3, 0.4) is 0 Å². The fourth-order valence-corrected chi connectivity index (χ4v) is 3.57. The van der Waals surface area contributed by atoms with Gasteiger partial charge < -0.3 is 5.73 Å². The van der Waals surface area contributed by atoms with Crippen molar-refractivity contribution in [3.05, 3.63) is 21.3 Å². The molecule has 0 radical (unpaired) electrons. The Morgan fingerprint density at radius 2 is 2.38 bits per heavy atom. The van der Waals surface area contributed by atoms with E-state index in [4.69, 9.17) is 17.3 Å². The van der Waals surface area contributed by atoms with Gasteiger partial charge in [-0.15, -0.1) is 11.3 Å². The number of carbonyl (C=O) groups excluding carboxylic acids is 1. The van der Waals surface area contributed by atoms with Crippen LogP contribution in [-0.2, 0) is 0 Å². The van der Waals surface area contributed by atoms with Crippen LogP contribution in [0.5, 0.6) is 0 Å². The van der Waals surface area contributed by atoms with Crippen molar-refractivity contribution >= 4 is 28.7 Å². The molecule has 2 atom stereocenters. The summed E-state index contributed by atoms with van der Waals surface area (Å²) in [6.45, 7) is 2.16. The number of ketones is 1. The van der Waals surface area contributed by atoms with Crippen molar-refractivity contribution in [3.8, 4) is 0 Å². The zero-order valence-corrected chi connectivity index (χ0v) is 10.9. The van der Waals surface area contributed by atoms with Gasteiger partial charge in [0.05, 0.1) is 14.8 Å². The van der Waals surface area contributed by atoms with E-state index in [9.17, 15) is 4.79 Å². The first-order valence-corrected chi connectivity index (χ1v) is 6.80. The first kappa shape index (κ1) is 12.1. The Bertz CT molecular complexity index is 403. The Balaban J connectivity index is 2.20. The number of carbonyl (C=O) groups is 1. The molecule has 1 saturated carbocycles. The van der Waals surface area contributed by atoms with Crippen molar-refractivity contribution in [1.82, 2.24) is 0 Å². The predicted octanol–water partition coefficient (Wildman–Crippen LogP) is 3.49. The molecule has 2 unspecified atom stereocenters. The summed E-state index contributed by atoms with van der Waals surface area (Å²) in [5.74, 6) is 0.606. The highest BCUT2D eigenvalue weighted by Crippen LogP contribution is 2.34. The van der Waals surface area contributed by atoms with Gasteiger partial charge in [-0.3, -0.25) is 4.79 Å². The molecular formula is C12H16ClNOS. The molecule has 0 aromatic carbocycles. The molecule has 2 nitrogen and oxygen atoms in total. The topological polar surface area (TPSA) is 43.1 Å². The van der Waals surface area contributed by atoms with Crippen molar-refractivity contribution in [2.45, 2.75) is 38.1 Å². The lowest BCUT2D eigenvalue weighted by Crippen LogP contribution is -2.50. The fourth-order valence-electron chi connectivity index (χ4n) is 2.48. The van der Waals surface area contributed by atoms with Crippen molar-refractivity contribution in [3.63, 3.8) is 0 Å². The van der Waals surface area contributed by atoms with Crippen LogP contribution in [0.4, 0.5) is 0 Å². The van der Waals surface area contributed by atoms with Gasteiger partial charge >= 0.3 is 0 Å². The van der Waals surface area contributed by atoms with Gasteiger partial charge in [0, 0.05) is 0 Å². The van der Waals surface area contributed by atoms with Crippen LogP contribution in [0.15, 0.2) is 12.1 Å². The molecule has 1 aliphatic carbocycles. The van der Waals surface area contributed by atoms with Gasteiger partial charge in [0.15, 0.2) is 5.78 Å².